The summed E-state index contributed by atoms with van der Waals surface area (Å²) < 4.78 is 0. The summed E-state index contributed by atoms with van der Waals surface area (Å²) >= 11 is 12.9. The Morgan fingerprint density at radius 3 is 2.52 bits per heavy atom. The Bertz CT molecular complexity index is 769. The van der Waals surface area contributed by atoms with E-state index >= 15 is 0 Å². The predicted molar refractivity (Wildman–Crippen MR) is 94.1 cm³/mol. The van der Waals surface area contributed by atoms with E-state index in [0.717, 1.165) is 16.7 Å². The van der Waals surface area contributed by atoms with Gasteiger partial charge in [-0.3, -0.25) is 19.9 Å². The molecule has 23 heavy (non-hydrogen) atoms. The van der Waals surface area contributed by atoms with E-state index in [1.807, 2.05) is 0 Å². The molecule has 8 heteroatoms. The zero-order valence-electron chi connectivity index (χ0n) is 11.9. The number of carbonyl (C=O) groups is 2. The zero-order chi connectivity index (χ0) is 17.0. The molecule has 2 aromatic rings. The molecule has 0 spiro atoms. The van der Waals surface area contributed by atoms with Crippen molar-refractivity contribution in [1.82, 2.24) is 4.98 Å². The van der Waals surface area contributed by atoms with E-state index in [1.54, 1.807) is 36.6 Å². The quantitative estimate of drug-likeness (QED) is 0.382. The lowest BCUT2D eigenvalue weighted by Crippen LogP contribution is -2.36. The number of thioether (sulfide) groups is 1. The Morgan fingerprint density at radius 1 is 1.30 bits per heavy atom. The molecule has 0 saturated heterocycles. The first-order valence-electron chi connectivity index (χ1n) is 6.32. The minimum atomic E-state index is -0.487. The van der Waals surface area contributed by atoms with Crippen LogP contribution in [-0.2, 0) is 0 Å². The van der Waals surface area contributed by atoms with Crippen LogP contribution in [0.25, 0.3) is 0 Å². The second kappa shape index (κ2) is 7.59. The topological polar surface area (TPSA) is 74.1 Å². The lowest BCUT2D eigenvalue weighted by molar-refractivity contribution is 0.100. The summed E-state index contributed by atoms with van der Waals surface area (Å²) in [6.07, 6.45) is 2.17. The second-order valence-corrected chi connectivity index (χ2v) is 5.85. The van der Waals surface area contributed by atoms with Crippen LogP contribution in [0, 0.1) is 5.41 Å². The summed E-state index contributed by atoms with van der Waals surface area (Å²) in [6, 6.07) is 9.71. The molecule has 1 amide bonds. The van der Waals surface area contributed by atoms with Crippen LogP contribution in [0.5, 0.6) is 0 Å². The van der Waals surface area contributed by atoms with Gasteiger partial charge in [0.15, 0.2) is 16.6 Å². The van der Waals surface area contributed by atoms with Gasteiger partial charge in [0.25, 0.3) is 5.91 Å². The van der Waals surface area contributed by atoms with Gasteiger partial charge >= 0.3 is 0 Å². The maximum Gasteiger partial charge on any atom is 0.264 e. The van der Waals surface area contributed by atoms with Crippen LogP contribution in [0.3, 0.4) is 0 Å². The second-order valence-electron chi connectivity index (χ2n) is 4.31. The fraction of sp³-hybridized carbons (Fsp3) is 0.0667. The van der Waals surface area contributed by atoms with Crippen LogP contribution in [0.4, 0.5) is 5.69 Å². The van der Waals surface area contributed by atoms with Gasteiger partial charge in [-0.05, 0) is 24.5 Å². The molecule has 0 saturated carbocycles. The monoisotopic (exact) mass is 367 g/mol. The van der Waals surface area contributed by atoms with E-state index in [9.17, 15) is 9.59 Å². The van der Waals surface area contributed by atoms with Crippen LogP contribution < -0.4 is 4.90 Å². The molecule has 1 aromatic heterocycles. The van der Waals surface area contributed by atoms with Crippen molar-refractivity contribution < 1.29 is 9.59 Å². The lowest BCUT2D eigenvalue weighted by Gasteiger charge is -2.24. The first-order valence-corrected chi connectivity index (χ1v) is 8.31. The number of pyridine rings is 1. The maximum atomic E-state index is 12.8. The van der Waals surface area contributed by atoms with Crippen LogP contribution in [-0.4, -0.2) is 28.6 Å². The van der Waals surface area contributed by atoms with Crippen LogP contribution in [0.1, 0.15) is 20.7 Å². The molecular weight excluding hydrogens is 357 g/mol. The summed E-state index contributed by atoms with van der Waals surface area (Å²) in [6.45, 7) is 0. The highest BCUT2D eigenvalue weighted by Crippen LogP contribution is 2.32. The van der Waals surface area contributed by atoms with E-state index in [2.05, 4.69) is 4.98 Å². The number of nitrogens with one attached hydrogen (secondary N) is 1. The molecule has 0 aliphatic rings. The summed E-state index contributed by atoms with van der Waals surface area (Å²) in [5, 5.41) is 7.89. The van der Waals surface area contributed by atoms with Crippen LogP contribution >= 0.6 is 35.0 Å². The summed E-state index contributed by atoms with van der Waals surface area (Å²) in [5.41, 5.74) is 0.478. The molecular formula is C15H11Cl2N3O2S. The average Bonchev–Trinajstić information content (AvgIpc) is 2.56. The van der Waals surface area contributed by atoms with E-state index in [0.29, 0.717) is 11.8 Å². The molecule has 1 heterocycles. The number of halogens is 2. The Balaban J connectivity index is 2.64. The fourth-order valence-corrected chi connectivity index (χ4v) is 2.79. The average molecular weight is 368 g/mol. The number of benzene rings is 1. The molecule has 1 N–H and O–H groups in total. The fourth-order valence-electron chi connectivity index (χ4n) is 1.90. The highest BCUT2D eigenvalue weighted by atomic mass is 35.5. The number of nitrogens with zero attached hydrogens (tertiary/aromatic N) is 2. The molecule has 0 aliphatic heterocycles. The number of hydrogen-bond acceptors (Lipinski definition) is 5. The minimum absolute atomic E-state index is 0.0312. The molecule has 0 bridgehead atoms. The molecule has 0 aliphatic carbocycles. The normalized spacial score (nSPS) is 10.2. The van der Waals surface area contributed by atoms with Gasteiger partial charge in [-0.25, -0.2) is 4.98 Å². The number of anilines is 1. The summed E-state index contributed by atoms with van der Waals surface area (Å²) in [5.74, 6) is -0.487. The maximum absolute atomic E-state index is 12.8. The summed E-state index contributed by atoms with van der Waals surface area (Å²) in [7, 11) is 0. The van der Waals surface area contributed by atoms with Crippen molar-refractivity contribution in [1.29, 1.82) is 5.41 Å². The van der Waals surface area contributed by atoms with E-state index in [4.69, 9.17) is 28.6 Å². The van der Waals surface area contributed by atoms with Crippen LogP contribution in [0.2, 0.25) is 10.3 Å². The first kappa shape index (κ1) is 17.5. The van der Waals surface area contributed by atoms with Gasteiger partial charge in [-0.1, -0.05) is 53.2 Å². The highest BCUT2D eigenvalue weighted by Gasteiger charge is 2.27. The first-order chi connectivity index (χ1) is 11.0. The van der Waals surface area contributed by atoms with E-state index in [1.165, 1.54) is 6.07 Å². The summed E-state index contributed by atoms with van der Waals surface area (Å²) in [4.78, 5) is 29.1. The molecule has 5 nitrogen and oxygen atoms in total. The van der Waals surface area contributed by atoms with Gasteiger partial charge in [-0.15, -0.1) is 0 Å². The van der Waals surface area contributed by atoms with Crippen molar-refractivity contribution in [3.8, 4) is 0 Å². The number of aromatic nitrogens is 1. The van der Waals surface area contributed by atoms with Gasteiger partial charge in [0.05, 0.1) is 5.69 Å². The molecule has 2 rings (SSSR count). The van der Waals surface area contributed by atoms with Crippen molar-refractivity contribution in [3.05, 3.63) is 57.8 Å². The number of aldehydes is 1. The highest BCUT2D eigenvalue weighted by molar-refractivity contribution is 8.13. The van der Waals surface area contributed by atoms with Crippen LogP contribution in [0.15, 0.2) is 36.4 Å². The third-order valence-corrected chi connectivity index (χ3v) is 3.95. The van der Waals surface area contributed by atoms with Gasteiger partial charge < -0.3 is 0 Å². The Morgan fingerprint density at radius 2 is 1.96 bits per heavy atom. The van der Waals surface area contributed by atoms with Crippen molar-refractivity contribution in [2.45, 2.75) is 0 Å². The molecule has 1 aromatic carbocycles. The lowest BCUT2D eigenvalue weighted by atomic mass is 10.1. The molecule has 0 fully saturated rings. The number of carbonyl (C=O) groups excluding carboxylic acids is 2. The number of amidine groups is 1. The van der Waals surface area contributed by atoms with Gasteiger partial charge in [0, 0.05) is 11.1 Å². The number of amides is 1. The van der Waals surface area contributed by atoms with E-state index < -0.39 is 5.91 Å². The van der Waals surface area contributed by atoms with Crippen molar-refractivity contribution in [3.63, 3.8) is 0 Å². The van der Waals surface area contributed by atoms with E-state index in [-0.39, 0.29) is 26.7 Å². The van der Waals surface area contributed by atoms with Crippen molar-refractivity contribution in [2.24, 2.45) is 0 Å². The third kappa shape index (κ3) is 3.72. The molecule has 0 unspecified atom stereocenters. The number of rotatable bonds is 3. The Kier molecular flexibility index (Phi) is 5.76. The predicted octanol–water partition coefficient (Wildman–Crippen LogP) is 4.15. The number of hydrogen-bond donors (Lipinski definition) is 1. The SMILES string of the molecule is CSC(=N)N(C(=O)c1ccccc1)c1c(C=O)cc(Cl)nc1Cl. The Labute approximate surface area is 147 Å². The van der Waals surface area contributed by atoms with Gasteiger partial charge in [0.2, 0.25) is 0 Å². The minimum Gasteiger partial charge on any atom is -0.298 e. The van der Waals surface area contributed by atoms with Crippen molar-refractivity contribution >= 4 is 58.0 Å². The standard InChI is InChI=1S/C15H11Cl2N3O2S/c1-23-15(18)20(14(22)9-5-3-2-4-6-9)12-10(8-21)7-11(16)19-13(12)17/h2-8,18H,1H3. The van der Waals surface area contributed by atoms with Gasteiger partial charge in [0.1, 0.15) is 5.15 Å². The Hall–Kier alpha value is -1.89. The molecule has 118 valence electrons. The van der Waals surface area contributed by atoms with Crippen molar-refractivity contribution in [2.75, 3.05) is 11.2 Å². The third-order valence-electron chi connectivity index (χ3n) is 2.92. The smallest absolute Gasteiger partial charge is 0.264 e. The molecule has 0 atom stereocenters. The largest absolute Gasteiger partial charge is 0.298 e. The van der Waals surface area contributed by atoms with Gasteiger partial charge in [-0.2, -0.15) is 0 Å². The molecule has 0 radical (unpaired) electrons. The zero-order valence-corrected chi connectivity index (χ0v) is 14.2.